The number of ether oxygens (including phenoxy) is 1. The van der Waals surface area contributed by atoms with Gasteiger partial charge in [-0.3, -0.25) is 9.52 Å². The number of esters is 1. The van der Waals surface area contributed by atoms with Crippen molar-refractivity contribution < 1.29 is 22.3 Å². The van der Waals surface area contributed by atoms with E-state index in [2.05, 4.69) is 9.46 Å². The van der Waals surface area contributed by atoms with Crippen LogP contribution in [-0.4, -0.2) is 38.4 Å². The lowest BCUT2D eigenvalue weighted by Gasteiger charge is -2.23. The van der Waals surface area contributed by atoms with E-state index in [1.165, 1.54) is 25.3 Å². The summed E-state index contributed by atoms with van der Waals surface area (Å²) in [7, 11) is -2.67. The van der Waals surface area contributed by atoms with Crippen molar-refractivity contribution in [1.82, 2.24) is 4.31 Å². The minimum Gasteiger partial charge on any atom is -0.468 e. The Kier molecular flexibility index (Phi) is 4.48. The third kappa shape index (κ3) is 3.33. The van der Waals surface area contributed by atoms with Crippen LogP contribution >= 0.6 is 0 Å². The van der Waals surface area contributed by atoms with E-state index in [9.17, 15) is 17.6 Å². The van der Waals surface area contributed by atoms with E-state index in [0.29, 0.717) is 18.4 Å². The van der Waals surface area contributed by atoms with Crippen LogP contribution in [0.1, 0.15) is 18.4 Å². The van der Waals surface area contributed by atoms with Gasteiger partial charge in [0.25, 0.3) is 0 Å². The number of anilines is 1. The Labute approximate surface area is 123 Å². The van der Waals surface area contributed by atoms with E-state index in [4.69, 9.17) is 0 Å². The topological polar surface area (TPSA) is 75.7 Å². The zero-order chi connectivity index (χ0) is 15.6. The fourth-order valence-corrected chi connectivity index (χ4v) is 3.86. The molecule has 1 aromatic carbocycles. The number of carbonyl (C=O) groups excluding carboxylic acids is 1. The molecular weight excluding hydrogens is 299 g/mol. The van der Waals surface area contributed by atoms with Gasteiger partial charge in [-0.05, 0) is 43.5 Å². The first-order valence-corrected chi connectivity index (χ1v) is 7.92. The summed E-state index contributed by atoms with van der Waals surface area (Å²) in [4.78, 5) is 11.6. The summed E-state index contributed by atoms with van der Waals surface area (Å²) in [5.74, 6) is -1.02. The van der Waals surface area contributed by atoms with Crippen LogP contribution in [0.2, 0.25) is 0 Å². The largest absolute Gasteiger partial charge is 0.468 e. The number of aryl methyl sites for hydroxylation is 1. The van der Waals surface area contributed by atoms with Crippen LogP contribution in [0.25, 0.3) is 0 Å². The van der Waals surface area contributed by atoms with Crippen molar-refractivity contribution in [1.29, 1.82) is 0 Å². The number of rotatable bonds is 4. The summed E-state index contributed by atoms with van der Waals surface area (Å²) >= 11 is 0. The standard InChI is InChI=1S/C13H17FN2O4S/c1-9-8-10(14)5-6-11(9)15-21(18,19)16-7-3-4-12(16)13(17)20-2/h5-6,8,12,15H,3-4,7H2,1-2H3/t12-/m0/s1. The fourth-order valence-electron chi connectivity index (χ4n) is 2.34. The zero-order valence-corrected chi connectivity index (χ0v) is 12.6. The Morgan fingerprint density at radius 2 is 2.19 bits per heavy atom. The van der Waals surface area contributed by atoms with Crippen LogP contribution in [0.4, 0.5) is 10.1 Å². The molecule has 21 heavy (non-hydrogen) atoms. The molecule has 116 valence electrons. The van der Waals surface area contributed by atoms with Gasteiger partial charge >= 0.3 is 16.2 Å². The van der Waals surface area contributed by atoms with E-state index in [-0.39, 0.29) is 12.2 Å². The van der Waals surface area contributed by atoms with Gasteiger partial charge in [0.05, 0.1) is 12.8 Å². The molecular formula is C13H17FN2O4S. The van der Waals surface area contributed by atoms with Crippen molar-refractivity contribution >= 4 is 21.9 Å². The Morgan fingerprint density at radius 1 is 1.48 bits per heavy atom. The lowest BCUT2D eigenvalue weighted by Crippen LogP contribution is -2.43. The maximum atomic E-state index is 13.0. The summed E-state index contributed by atoms with van der Waals surface area (Å²) in [5.41, 5.74) is 0.749. The molecule has 1 aliphatic heterocycles. The first-order valence-electron chi connectivity index (χ1n) is 6.48. The quantitative estimate of drug-likeness (QED) is 0.853. The molecule has 0 radical (unpaired) electrons. The molecule has 0 bridgehead atoms. The average Bonchev–Trinajstić information content (AvgIpc) is 2.91. The maximum Gasteiger partial charge on any atom is 0.324 e. The van der Waals surface area contributed by atoms with Crippen LogP contribution in [-0.2, 0) is 19.7 Å². The highest BCUT2D eigenvalue weighted by Gasteiger charge is 2.39. The van der Waals surface area contributed by atoms with E-state index >= 15 is 0 Å². The summed E-state index contributed by atoms with van der Waals surface area (Å²) < 4.78 is 45.9. The summed E-state index contributed by atoms with van der Waals surface area (Å²) in [5, 5.41) is 0. The maximum absolute atomic E-state index is 13.0. The van der Waals surface area contributed by atoms with Crippen LogP contribution in [0.5, 0.6) is 0 Å². The molecule has 1 aromatic rings. The minimum absolute atomic E-state index is 0.245. The number of nitrogens with zero attached hydrogens (tertiary/aromatic N) is 1. The SMILES string of the molecule is COC(=O)[C@@H]1CCCN1S(=O)(=O)Nc1ccc(F)cc1C. The molecule has 6 nitrogen and oxygen atoms in total. The van der Waals surface area contributed by atoms with Crippen LogP contribution in [0, 0.1) is 12.7 Å². The molecule has 0 amide bonds. The van der Waals surface area contributed by atoms with E-state index < -0.39 is 28.0 Å². The van der Waals surface area contributed by atoms with Gasteiger partial charge in [-0.2, -0.15) is 12.7 Å². The van der Waals surface area contributed by atoms with Gasteiger partial charge in [0, 0.05) is 6.54 Å². The van der Waals surface area contributed by atoms with Crippen LogP contribution in [0.3, 0.4) is 0 Å². The Bertz CT molecular complexity index is 648. The molecule has 1 heterocycles. The monoisotopic (exact) mass is 316 g/mol. The van der Waals surface area contributed by atoms with E-state index in [1.54, 1.807) is 6.92 Å². The summed E-state index contributed by atoms with van der Waals surface area (Å²) in [6.07, 6.45) is 1.01. The molecule has 1 fully saturated rings. The second-order valence-corrected chi connectivity index (χ2v) is 6.48. The van der Waals surface area contributed by atoms with E-state index in [1.807, 2.05) is 0 Å². The first-order chi connectivity index (χ1) is 9.85. The molecule has 0 aromatic heterocycles. The van der Waals surface area contributed by atoms with Gasteiger partial charge in [-0.15, -0.1) is 0 Å². The van der Waals surface area contributed by atoms with Gasteiger partial charge in [-0.25, -0.2) is 4.39 Å². The molecule has 0 spiro atoms. The highest BCUT2D eigenvalue weighted by molar-refractivity contribution is 7.90. The number of methoxy groups -OCH3 is 1. The molecule has 1 saturated heterocycles. The van der Waals surface area contributed by atoms with Crippen molar-refractivity contribution in [2.75, 3.05) is 18.4 Å². The van der Waals surface area contributed by atoms with Gasteiger partial charge in [0.15, 0.2) is 0 Å². The predicted octanol–water partition coefficient (Wildman–Crippen LogP) is 1.43. The number of benzene rings is 1. The number of carbonyl (C=O) groups is 1. The molecule has 2 rings (SSSR count). The fraction of sp³-hybridized carbons (Fsp3) is 0.462. The van der Waals surface area contributed by atoms with Crippen molar-refractivity contribution in [3.63, 3.8) is 0 Å². The molecule has 1 N–H and O–H groups in total. The van der Waals surface area contributed by atoms with E-state index in [0.717, 1.165) is 4.31 Å². The number of hydrogen-bond acceptors (Lipinski definition) is 4. The van der Waals surface area contributed by atoms with Gasteiger partial charge < -0.3 is 4.74 Å². The highest BCUT2D eigenvalue weighted by Crippen LogP contribution is 2.25. The number of nitrogens with one attached hydrogen (secondary N) is 1. The lowest BCUT2D eigenvalue weighted by atomic mass is 10.2. The Hall–Kier alpha value is -1.67. The second kappa shape index (κ2) is 5.98. The molecule has 0 unspecified atom stereocenters. The second-order valence-electron chi connectivity index (χ2n) is 4.86. The average molecular weight is 316 g/mol. The minimum atomic E-state index is -3.89. The number of hydrogen-bond donors (Lipinski definition) is 1. The third-order valence-corrected chi connectivity index (χ3v) is 4.95. The first kappa shape index (κ1) is 15.7. The molecule has 0 aliphatic carbocycles. The van der Waals surface area contributed by atoms with Gasteiger partial charge in [0.2, 0.25) is 0 Å². The lowest BCUT2D eigenvalue weighted by molar-refractivity contribution is -0.144. The zero-order valence-electron chi connectivity index (χ0n) is 11.8. The summed E-state index contributed by atoms with van der Waals surface area (Å²) in [6, 6.07) is 2.95. The normalized spacial score (nSPS) is 19.5. The highest BCUT2D eigenvalue weighted by atomic mass is 32.2. The Morgan fingerprint density at radius 3 is 2.81 bits per heavy atom. The molecule has 8 heteroatoms. The predicted molar refractivity (Wildman–Crippen MR) is 75.4 cm³/mol. The van der Waals surface area contributed by atoms with Crippen molar-refractivity contribution in [2.24, 2.45) is 0 Å². The van der Waals surface area contributed by atoms with Crippen LogP contribution < -0.4 is 4.72 Å². The van der Waals surface area contributed by atoms with Crippen molar-refractivity contribution in [3.8, 4) is 0 Å². The summed E-state index contributed by atoms with van der Waals surface area (Å²) in [6.45, 7) is 1.85. The molecule has 0 saturated carbocycles. The molecule has 1 aliphatic rings. The van der Waals surface area contributed by atoms with Crippen molar-refractivity contribution in [3.05, 3.63) is 29.6 Å². The van der Waals surface area contributed by atoms with Crippen LogP contribution in [0.15, 0.2) is 18.2 Å². The third-order valence-electron chi connectivity index (χ3n) is 3.41. The smallest absolute Gasteiger partial charge is 0.324 e. The number of halogens is 1. The van der Waals surface area contributed by atoms with Crippen molar-refractivity contribution in [2.45, 2.75) is 25.8 Å². The molecule has 1 atom stereocenters. The van der Waals surface area contributed by atoms with Gasteiger partial charge in [0.1, 0.15) is 11.9 Å². The van der Waals surface area contributed by atoms with Gasteiger partial charge in [-0.1, -0.05) is 0 Å². The Balaban J connectivity index is 2.23.